The molecule has 2 atom stereocenters. The second kappa shape index (κ2) is 6.87. The third kappa shape index (κ3) is 3.42. The van der Waals surface area contributed by atoms with E-state index < -0.39 is 29.6 Å². The van der Waals surface area contributed by atoms with Crippen LogP contribution in [-0.4, -0.2) is 16.1 Å². The zero-order valence-electron chi connectivity index (χ0n) is 12.6. The average Bonchev–Trinajstić information content (AvgIpc) is 2.52. The molecule has 3 rings (SSSR count). The summed E-state index contributed by atoms with van der Waals surface area (Å²) in [5.41, 5.74) is 0.648. The smallest absolute Gasteiger partial charge is 0.134 e. The summed E-state index contributed by atoms with van der Waals surface area (Å²) in [6.45, 7) is 0.352. The van der Waals surface area contributed by atoms with Crippen molar-refractivity contribution in [1.82, 2.24) is 4.90 Å². The van der Waals surface area contributed by atoms with Crippen LogP contribution in [0.25, 0.3) is 0 Å². The molecule has 24 heavy (non-hydrogen) atoms. The van der Waals surface area contributed by atoms with Crippen molar-refractivity contribution in [2.45, 2.75) is 25.1 Å². The van der Waals surface area contributed by atoms with E-state index in [1.54, 1.807) is 4.90 Å². The molecule has 1 N–H and O–H groups in total. The SMILES string of the molecule is OC1CC(c2c(F)cc(F)cc2F)N(Cc2ccccc2)C=C1Cl. The van der Waals surface area contributed by atoms with Crippen LogP contribution in [0, 0.1) is 17.5 Å². The first-order valence-corrected chi connectivity index (χ1v) is 7.83. The van der Waals surface area contributed by atoms with Gasteiger partial charge in [-0.05, 0) is 5.56 Å². The number of hydrogen-bond acceptors (Lipinski definition) is 2. The third-order valence-electron chi connectivity index (χ3n) is 4.04. The molecule has 2 aromatic carbocycles. The number of aliphatic hydroxyl groups excluding tert-OH is 1. The molecule has 0 amide bonds. The summed E-state index contributed by atoms with van der Waals surface area (Å²) in [7, 11) is 0. The minimum atomic E-state index is -1.02. The molecule has 126 valence electrons. The van der Waals surface area contributed by atoms with Crippen LogP contribution in [0.3, 0.4) is 0 Å². The molecule has 0 aliphatic carbocycles. The predicted octanol–water partition coefficient (Wildman–Crippen LogP) is 4.49. The van der Waals surface area contributed by atoms with Crippen LogP contribution >= 0.6 is 11.6 Å². The zero-order valence-corrected chi connectivity index (χ0v) is 13.3. The van der Waals surface area contributed by atoms with Crippen molar-refractivity contribution >= 4 is 11.6 Å². The van der Waals surface area contributed by atoms with E-state index >= 15 is 0 Å². The Kier molecular flexibility index (Phi) is 4.83. The minimum absolute atomic E-state index is 0.0155. The Bertz CT molecular complexity index is 743. The van der Waals surface area contributed by atoms with Crippen LogP contribution in [0.2, 0.25) is 0 Å². The maximum Gasteiger partial charge on any atom is 0.134 e. The molecule has 0 radical (unpaired) electrons. The molecule has 6 heteroatoms. The van der Waals surface area contributed by atoms with Gasteiger partial charge in [0.15, 0.2) is 0 Å². The molecule has 1 aliphatic rings. The Morgan fingerprint density at radius 3 is 2.33 bits per heavy atom. The van der Waals surface area contributed by atoms with Gasteiger partial charge in [-0.25, -0.2) is 13.2 Å². The molecule has 2 unspecified atom stereocenters. The van der Waals surface area contributed by atoms with E-state index in [1.165, 1.54) is 6.20 Å². The van der Waals surface area contributed by atoms with Gasteiger partial charge in [-0.15, -0.1) is 0 Å². The third-order valence-corrected chi connectivity index (χ3v) is 4.39. The van der Waals surface area contributed by atoms with Crippen molar-refractivity contribution in [3.05, 3.63) is 82.3 Å². The summed E-state index contributed by atoms with van der Waals surface area (Å²) in [5, 5.41) is 10.2. The fourth-order valence-electron chi connectivity index (χ4n) is 2.90. The summed E-state index contributed by atoms with van der Waals surface area (Å²) in [6, 6.07) is 9.83. The summed E-state index contributed by atoms with van der Waals surface area (Å²) in [6.07, 6.45) is 0.476. The Balaban J connectivity index is 2.01. The molecule has 1 aliphatic heterocycles. The molecule has 2 aromatic rings. The van der Waals surface area contributed by atoms with E-state index in [1.807, 2.05) is 30.3 Å². The molecule has 1 heterocycles. The molecular weight excluding hydrogens is 339 g/mol. The lowest BCUT2D eigenvalue weighted by atomic mass is 9.94. The summed E-state index contributed by atoms with van der Waals surface area (Å²) >= 11 is 6.01. The van der Waals surface area contributed by atoms with Gasteiger partial charge in [0.1, 0.15) is 17.5 Å². The molecule has 0 aromatic heterocycles. The fourth-order valence-corrected chi connectivity index (χ4v) is 3.11. The highest BCUT2D eigenvalue weighted by molar-refractivity contribution is 6.30. The van der Waals surface area contributed by atoms with Gasteiger partial charge in [-0.1, -0.05) is 41.9 Å². The molecule has 0 bridgehead atoms. The Morgan fingerprint density at radius 1 is 1.08 bits per heavy atom. The van der Waals surface area contributed by atoms with Crippen LogP contribution in [-0.2, 0) is 6.54 Å². The highest BCUT2D eigenvalue weighted by Crippen LogP contribution is 2.37. The lowest BCUT2D eigenvalue weighted by Crippen LogP contribution is -2.33. The maximum atomic E-state index is 14.2. The van der Waals surface area contributed by atoms with Crippen molar-refractivity contribution in [2.75, 3.05) is 0 Å². The van der Waals surface area contributed by atoms with Crippen LogP contribution in [0.15, 0.2) is 53.7 Å². The molecular formula is C18H15ClF3NO. The van der Waals surface area contributed by atoms with Gasteiger partial charge in [0.05, 0.1) is 17.2 Å². The monoisotopic (exact) mass is 353 g/mol. The number of hydrogen-bond donors (Lipinski definition) is 1. The Hall–Kier alpha value is -1.98. The summed E-state index contributed by atoms with van der Waals surface area (Å²) < 4.78 is 41.6. The van der Waals surface area contributed by atoms with Gasteiger partial charge in [0.25, 0.3) is 0 Å². The minimum Gasteiger partial charge on any atom is -0.387 e. The van der Waals surface area contributed by atoms with E-state index in [0.717, 1.165) is 5.56 Å². The van der Waals surface area contributed by atoms with E-state index in [2.05, 4.69) is 0 Å². The highest BCUT2D eigenvalue weighted by Gasteiger charge is 2.32. The second-order valence-electron chi connectivity index (χ2n) is 5.72. The standard InChI is InChI=1S/C18H15ClF3NO/c19-13-10-23(9-11-4-2-1-3-5-11)16(8-17(13)24)18-14(21)6-12(20)7-15(18)22/h1-7,10,16-17,24H,8-9H2. The highest BCUT2D eigenvalue weighted by atomic mass is 35.5. The van der Waals surface area contributed by atoms with Gasteiger partial charge in [0, 0.05) is 36.9 Å². The van der Waals surface area contributed by atoms with E-state index in [0.29, 0.717) is 18.7 Å². The van der Waals surface area contributed by atoms with Crippen LogP contribution in [0.1, 0.15) is 23.6 Å². The zero-order chi connectivity index (χ0) is 17.3. The molecule has 2 nitrogen and oxygen atoms in total. The molecule has 0 fully saturated rings. The Labute approximate surface area is 142 Å². The second-order valence-corrected chi connectivity index (χ2v) is 6.16. The number of rotatable bonds is 3. The fraction of sp³-hybridized carbons (Fsp3) is 0.222. The summed E-state index contributed by atoms with van der Waals surface area (Å²) in [4.78, 5) is 1.66. The lowest BCUT2D eigenvalue weighted by Gasteiger charge is -2.37. The van der Waals surface area contributed by atoms with Crippen molar-refractivity contribution in [3.8, 4) is 0 Å². The number of nitrogens with zero attached hydrogens (tertiary/aromatic N) is 1. The molecule has 0 saturated heterocycles. The molecule has 0 saturated carbocycles. The molecule has 0 spiro atoms. The Morgan fingerprint density at radius 2 is 1.71 bits per heavy atom. The van der Waals surface area contributed by atoms with Gasteiger partial charge >= 0.3 is 0 Å². The lowest BCUT2D eigenvalue weighted by molar-refractivity contribution is 0.124. The van der Waals surface area contributed by atoms with Crippen molar-refractivity contribution in [2.24, 2.45) is 0 Å². The number of aliphatic hydroxyl groups is 1. The maximum absolute atomic E-state index is 14.2. The normalized spacial score (nSPS) is 20.9. The largest absolute Gasteiger partial charge is 0.387 e. The summed E-state index contributed by atoms with van der Waals surface area (Å²) in [5.74, 6) is -2.93. The first-order chi connectivity index (χ1) is 11.5. The topological polar surface area (TPSA) is 23.5 Å². The van der Waals surface area contributed by atoms with E-state index in [4.69, 9.17) is 11.6 Å². The number of halogens is 4. The van der Waals surface area contributed by atoms with Gasteiger partial charge in [-0.2, -0.15) is 0 Å². The first kappa shape index (κ1) is 16.9. The quantitative estimate of drug-likeness (QED) is 0.878. The van der Waals surface area contributed by atoms with Gasteiger partial charge < -0.3 is 10.0 Å². The van der Waals surface area contributed by atoms with Crippen LogP contribution in [0.5, 0.6) is 0 Å². The van der Waals surface area contributed by atoms with Gasteiger partial charge in [0.2, 0.25) is 0 Å². The number of benzene rings is 2. The van der Waals surface area contributed by atoms with Crippen molar-refractivity contribution in [3.63, 3.8) is 0 Å². The predicted molar refractivity (Wildman–Crippen MR) is 85.6 cm³/mol. The van der Waals surface area contributed by atoms with Gasteiger partial charge in [-0.3, -0.25) is 0 Å². The van der Waals surface area contributed by atoms with Crippen LogP contribution < -0.4 is 0 Å². The van der Waals surface area contributed by atoms with E-state index in [9.17, 15) is 18.3 Å². The average molecular weight is 354 g/mol. The van der Waals surface area contributed by atoms with Crippen molar-refractivity contribution < 1.29 is 18.3 Å². The van der Waals surface area contributed by atoms with E-state index in [-0.39, 0.29) is 17.0 Å². The van der Waals surface area contributed by atoms with Crippen LogP contribution in [0.4, 0.5) is 13.2 Å². The first-order valence-electron chi connectivity index (χ1n) is 7.45. The van der Waals surface area contributed by atoms with Crippen molar-refractivity contribution in [1.29, 1.82) is 0 Å².